The molecule has 3 rings (SSSR count). The van der Waals surface area contributed by atoms with Gasteiger partial charge in [-0.05, 0) is 42.2 Å². The highest BCUT2D eigenvalue weighted by atomic mass is 16.5. The summed E-state index contributed by atoms with van der Waals surface area (Å²) >= 11 is 0. The summed E-state index contributed by atoms with van der Waals surface area (Å²) in [4.78, 5) is 16.4. The van der Waals surface area contributed by atoms with E-state index in [0.29, 0.717) is 5.56 Å². The van der Waals surface area contributed by atoms with E-state index < -0.39 is 0 Å². The molecule has 0 spiro atoms. The first kappa shape index (κ1) is 17.7. The van der Waals surface area contributed by atoms with Crippen molar-refractivity contribution in [2.45, 2.75) is 13.8 Å². The molecule has 0 saturated heterocycles. The van der Waals surface area contributed by atoms with E-state index in [1.54, 1.807) is 19.4 Å². The number of pyridine rings is 1. The van der Waals surface area contributed by atoms with Crippen LogP contribution in [-0.4, -0.2) is 25.2 Å². The molecule has 1 heterocycles. The first-order valence-corrected chi connectivity index (χ1v) is 8.35. The highest BCUT2D eigenvalue weighted by Crippen LogP contribution is 2.35. The molecule has 0 atom stereocenters. The van der Waals surface area contributed by atoms with E-state index in [9.17, 15) is 4.79 Å². The Kier molecular flexibility index (Phi) is 5.03. The van der Waals surface area contributed by atoms with Gasteiger partial charge in [0.25, 0.3) is 0 Å². The first-order chi connectivity index (χ1) is 12.6. The fourth-order valence-electron chi connectivity index (χ4n) is 3.04. The van der Waals surface area contributed by atoms with Gasteiger partial charge in [-0.15, -0.1) is 0 Å². The molecule has 0 N–H and O–H groups in total. The number of carbonyl (C=O) groups is 1. The van der Waals surface area contributed by atoms with Gasteiger partial charge in [0.15, 0.2) is 0 Å². The maximum absolute atomic E-state index is 12.0. The van der Waals surface area contributed by atoms with Gasteiger partial charge in [-0.2, -0.15) is 0 Å². The number of hydrogen-bond donors (Lipinski definition) is 0. The summed E-state index contributed by atoms with van der Waals surface area (Å²) in [6.45, 7) is 4.03. The molecule has 0 amide bonds. The molecule has 0 bridgehead atoms. The highest BCUT2D eigenvalue weighted by molar-refractivity contribution is 5.97. The largest absolute Gasteiger partial charge is 0.494 e. The maximum Gasteiger partial charge on any atom is 0.338 e. The third-order valence-electron chi connectivity index (χ3n) is 4.58. The van der Waals surface area contributed by atoms with Crippen molar-refractivity contribution < 1.29 is 14.3 Å². The van der Waals surface area contributed by atoms with E-state index in [2.05, 4.69) is 4.98 Å². The van der Waals surface area contributed by atoms with Crippen LogP contribution in [0.15, 0.2) is 54.7 Å². The van der Waals surface area contributed by atoms with Gasteiger partial charge in [-0.25, -0.2) is 4.79 Å². The number of esters is 1. The molecule has 4 heteroatoms. The number of aromatic nitrogens is 1. The SMILES string of the molecule is COC(=O)c1ccccc1-c1ccc(-c2c(OC)cnc(C)c2C)cc1. The minimum absolute atomic E-state index is 0.341. The topological polar surface area (TPSA) is 48.4 Å². The third kappa shape index (κ3) is 3.18. The second-order valence-electron chi connectivity index (χ2n) is 6.03. The minimum Gasteiger partial charge on any atom is -0.494 e. The zero-order valence-electron chi connectivity index (χ0n) is 15.4. The van der Waals surface area contributed by atoms with E-state index in [0.717, 1.165) is 39.3 Å². The van der Waals surface area contributed by atoms with E-state index in [1.165, 1.54) is 7.11 Å². The van der Waals surface area contributed by atoms with Crippen molar-refractivity contribution in [2.24, 2.45) is 0 Å². The lowest BCUT2D eigenvalue weighted by atomic mass is 9.95. The Hall–Kier alpha value is -3.14. The van der Waals surface area contributed by atoms with Crippen molar-refractivity contribution >= 4 is 5.97 Å². The van der Waals surface area contributed by atoms with Crippen molar-refractivity contribution in [1.82, 2.24) is 4.98 Å². The monoisotopic (exact) mass is 347 g/mol. The molecule has 132 valence electrons. The average Bonchev–Trinajstić information content (AvgIpc) is 2.69. The Labute approximate surface area is 153 Å². The second-order valence-corrected chi connectivity index (χ2v) is 6.03. The van der Waals surface area contributed by atoms with Crippen molar-refractivity contribution in [1.29, 1.82) is 0 Å². The summed E-state index contributed by atoms with van der Waals surface area (Å²) in [5.41, 5.74) is 6.50. The van der Waals surface area contributed by atoms with Crippen LogP contribution in [0.5, 0.6) is 5.75 Å². The summed E-state index contributed by atoms with van der Waals surface area (Å²) < 4.78 is 10.4. The maximum atomic E-state index is 12.0. The predicted molar refractivity (Wildman–Crippen MR) is 102 cm³/mol. The number of methoxy groups -OCH3 is 2. The fourth-order valence-corrected chi connectivity index (χ4v) is 3.04. The molecule has 0 aliphatic carbocycles. The lowest BCUT2D eigenvalue weighted by molar-refractivity contribution is 0.0601. The first-order valence-electron chi connectivity index (χ1n) is 8.35. The van der Waals surface area contributed by atoms with Crippen LogP contribution in [0, 0.1) is 13.8 Å². The molecule has 3 aromatic rings. The second kappa shape index (κ2) is 7.40. The number of ether oxygens (including phenoxy) is 2. The quantitative estimate of drug-likeness (QED) is 0.634. The number of nitrogens with zero attached hydrogens (tertiary/aromatic N) is 1. The summed E-state index contributed by atoms with van der Waals surface area (Å²) in [5.74, 6) is 0.405. The van der Waals surface area contributed by atoms with Crippen molar-refractivity contribution in [3.63, 3.8) is 0 Å². The zero-order chi connectivity index (χ0) is 18.7. The Morgan fingerprint density at radius 1 is 0.923 bits per heavy atom. The lowest BCUT2D eigenvalue weighted by Gasteiger charge is -2.14. The van der Waals surface area contributed by atoms with Gasteiger partial charge in [-0.1, -0.05) is 42.5 Å². The molecule has 0 unspecified atom stereocenters. The van der Waals surface area contributed by atoms with Crippen LogP contribution in [0.1, 0.15) is 21.6 Å². The standard InChI is InChI=1S/C22H21NO3/c1-14-15(2)23-13-20(25-3)21(14)17-11-9-16(10-12-17)18-7-5-6-8-19(18)22(24)26-4/h5-13H,1-4H3. The smallest absolute Gasteiger partial charge is 0.338 e. The molecule has 0 saturated carbocycles. The molecule has 26 heavy (non-hydrogen) atoms. The number of benzene rings is 2. The van der Waals surface area contributed by atoms with Crippen LogP contribution in [0.2, 0.25) is 0 Å². The molecule has 2 aromatic carbocycles. The molecular weight excluding hydrogens is 326 g/mol. The molecule has 0 aliphatic heterocycles. The Bertz CT molecular complexity index is 946. The summed E-state index contributed by atoms with van der Waals surface area (Å²) in [5, 5.41) is 0. The van der Waals surface area contributed by atoms with Crippen LogP contribution in [0.3, 0.4) is 0 Å². The van der Waals surface area contributed by atoms with Crippen molar-refractivity contribution in [3.05, 3.63) is 71.5 Å². The summed E-state index contributed by atoms with van der Waals surface area (Å²) in [7, 11) is 3.04. The number of rotatable bonds is 4. The normalized spacial score (nSPS) is 10.5. The number of aryl methyl sites for hydroxylation is 1. The van der Waals surface area contributed by atoms with Crippen molar-refractivity contribution in [3.8, 4) is 28.0 Å². The van der Waals surface area contributed by atoms with E-state index in [-0.39, 0.29) is 5.97 Å². The van der Waals surface area contributed by atoms with Crippen LogP contribution in [-0.2, 0) is 4.74 Å². The average molecular weight is 347 g/mol. The van der Waals surface area contributed by atoms with Crippen LogP contribution in [0.25, 0.3) is 22.3 Å². The van der Waals surface area contributed by atoms with Crippen LogP contribution in [0.4, 0.5) is 0 Å². The molecule has 4 nitrogen and oxygen atoms in total. The Morgan fingerprint density at radius 2 is 1.58 bits per heavy atom. The molecular formula is C22H21NO3. The highest BCUT2D eigenvalue weighted by Gasteiger charge is 2.15. The van der Waals surface area contributed by atoms with Gasteiger partial charge in [0, 0.05) is 11.3 Å². The van der Waals surface area contributed by atoms with Gasteiger partial charge in [-0.3, -0.25) is 4.98 Å². The van der Waals surface area contributed by atoms with Gasteiger partial charge in [0.2, 0.25) is 0 Å². The van der Waals surface area contributed by atoms with Crippen molar-refractivity contribution in [2.75, 3.05) is 14.2 Å². The van der Waals surface area contributed by atoms with E-state index in [1.807, 2.05) is 56.3 Å². The van der Waals surface area contributed by atoms with Gasteiger partial charge in [0.1, 0.15) is 5.75 Å². The molecule has 0 aliphatic rings. The van der Waals surface area contributed by atoms with E-state index >= 15 is 0 Å². The summed E-state index contributed by atoms with van der Waals surface area (Å²) in [6.07, 6.45) is 1.75. The molecule has 0 fully saturated rings. The third-order valence-corrected chi connectivity index (χ3v) is 4.58. The van der Waals surface area contributed by atoms with Gasteiger partial charge >= 0.3 is 5.97 Å². The lowest BCUT2D eigenvalue weighted by Crippen LogP contribution is -2.03. The zero-order valence-corrected chi connectivity index (χ0v) is 15.4. The fraction of sp³-hybridized carbons (Fsp3) is 0.182. The summed E-state index contributed by atoms with van der Waals surface area (Å²) in [6, 6.07) is 15.5. The predicted octanol–water partition coefficient (Wildman–Crippen LogP) is 4.83. The molecule has 0 radical (unpaired) electrons. The molecule has 1 aromatic heterocycles. The van der Waals surface area contributed by atoms with Gasteiger partial charge in [0.05, 0.1) is 26.0 Å². The Balaban J connectivity index is 2.07. The number of hydrogen-bond acceptors (Lipinski definition) is 4. The Morgan fingerprint density at radius 3 is 2.23 bits per heavy atom. The van der Waals surface area contributed by atoms with Crippen LogP contribution >= 0.6 is 0 Å². The van der Waals surface area contributed by atoms with Gasteiger partial charge < -0.3 is 9.47 Å². The number of carbonyl (C=O) groups excluding carboxylic acids is 1. The van der Waals surface area contributed by atoms with E-state index in [4.69, 9.17) is 9.47 Å². The van der Waals surface area contributed by atoms with Crippen LogP contribution < -0.4 is 4.74 Å². The minimum atomic E-state index is -0.341.